The quantitative estimate of drug-likeness (QED) is 0.399. The number of carbonyl (C=O) groups is 1. The van der Waals surface area contributed by atoms with Gasteiger partial charge in [-0.1, -0.05) is 11.6 Å². The molecule has 0 atom stereocenters. The number of carbonyl (C=O) groups excluding carboxylic acids is 1. The Morgan fingerprint density at radius 3 is 2.73 bits per heavy atom. The minimum atomic E-state index is -4.65. The van der Waals surface area contributed by atoms with Gasteiger partial charge in [0.15, 0.2) is 0 Å². The number of halogens is 4. The summed E-state index contributed by atoms with van der Waals surface area (Å²) in [5, 5.41) is 3.47. The second-order valence-electron chi connectivity index (χ2n) is 9.55. The third-order valence-electron chi connectivity index (χ3n) is 6.80. The predicted molar refractivity (Wildman–Crippen MR) is 140 cm³/mol. The molecular formula is C25H23ClF3N5OS2. The van der Waals surface area contributed by atoms with E-state index in [9.17, 15) is 18.0 Å². The summed E-state index contributed by atoms with van der Waals surface area (Å²) in [6, 6.07) is 5.69. The first-order valence-corrected chi connectivity index (χ1v) is 14.1. The summed E-state index contributed by atoms with van der Waals surface area (Å²) in [7, 11) is 2.04. The van der Waals surface area contributed by atoms with Crippen LogP contribution >= 0.6 is 34.7 Å². The SMILES string of the molecule is CN1CCc2cc(Nc3ncc(C(F)(F)F)c(-c4cc5c(s4)C(=O)N(C4CC4)CCS5)n3)c(Cl)cc2C1. The molecule has 1 aromatic carbocycles. The molecular weight excluding hydrogens is 543 g/mol. The van der Waals surface area contributed by atoms with E-state index in [4.69, 9.17) is 11.6 Å². The van der Waals surface area contributed by atoms with Crippen molar-refractivity contribution >= 4 is 52.2 Å². The summed E-state index contributed by atoms with van der Waals surface area (Å²) in [4.78, 5) is 27.0. The highest BCUT2D eigenvalue weighted by molar-refractivity contribution is 7.99. The van der Waals surface area contributed by atoms with E-state index in [0.29, 0.717) is 37.7 Å². The van der Waals surface area contributed by atoms with Crippen molar-refractivity contribution in [3.05, 3.63) is 51.0 Å². The van der Waals surface area contributed by atoms with E-state index in [0.717, 1.165) is 61.0 Å². The van der Waals surface area contributed by atoms with Gasteiger partial charge in [0.05, 0.1) is 21.3 Å². The standard InChI is InChI=1S/C25H23ClF3N5OS2/c1-33-5-4-13-9-18(17(26)8-14(13)12-33)31-24-30-11-16(25(27,28)29)21(32-24)19-10-20-22(37-19)23(35)34(6-7-36-20)15-2-3-15/h8-11,15H,2-7,12H2,1H3,(H,30,31,32). The van der Waals surface area contributed by atoms with E-state index >= 15 is 0 Å². The fraction of sp³-hybridized carbons (Fsp3) is 0.400. The molecule has 12 heteroatoms. The van der Waals surface area contributed by atoms with E-state index in [1.807, 2.05) is 24.1 Å². The molecule has 1 aliphatic carbocycles. The van der Waals surface area contributed by atoms with Crippen LogP contribution in [0.3, 0.4) is 0 Å². The maximum atomic E-state index is 14.0. The Balaban J connectivity index is 1.37. The molecule has 1 N–H and O–H groups in total. The molecule has 2 aliphatic heterocycles. The first-order valence-electron chi connectivity index (χ1n) is 12.0. The first kappa shape index (κ1) is 25.0. The third-order valence-corrected chi connectivity index (χ3v) is 9.39. The summed E-state index contributed by atoms with van der Waals surface area (Å²) >= 11 is 9.07. The lowest BCUT2D eigenvalue weighted by atomic mass is 9.99. The van der Waals surface area contributed by atoms with Crippen molar-refractivity contribution in [2.45, 2.75) is 42.9 Å². The maximum absolute atomic E-state index is 14.0. The van der Waals surface area contributed by atoms with E-state index in [2.05, 4.69) is 20.2 Å². The van der Waals surface area contributed by atoms with Gasteiger partial charge in [0.2, 0.25) is 5.95 Å². The van der Waals surface area contributed by atoms with Crippen LogP contribution in [0.1, 0.15) is 39.2 Å². The lowest BCUT2D eigenvalue weighted by Crippen LogP contribution is -2.33. The minimum absolute atomic E-state index is 0.0139. The number of nitrogens with one attached hydrogen (secondary N) is 1. The fourth-order valence-corrected chi connectivity index (χ4v) is 7.29. The topological polar surface area (TPSA) is 61.4 Å². The zero-order valence-corrected chi connectivity index (χ0v) is 22.3. The normalized spacial score (nSPS) is 18.4. The van der Waals surface area contributed by atoms with Crippen LogP contribution in [0, 0.1) is 0 Å². The van der Waals surface area contributed by atoms with Crippen molar-refractivity contribution in [3.8, 4) is 10.6 Å². The number of hydrogen-bond donors (Lipinski definition) is 1. The predicted octanol–water partition coefficient (Wildman–Crippen LogP) is 6.32. The number of aromatic nitrogens is 2. The number of thiophene rings is 1. The number of alkyl halides is 3. The highest BCUT2D eigenvalue weighted by Gasteiger charge is 2.39. The van der Waals surface area contributed by atoms with Crippen molar-refractivity contribution in [2.75, 3.05) is 31.2 Å². The average molecular weight is 566 g/mol. The number of benzene rings is 1. The smallest absolute Gasteiger partial charge is 0.334 e. The van der Waals surface area contributed by atoms with Crippen molar-refractivity contribution < 1.29 is 18.0 Å². The molecule has 6 nitrogen and oxygen atoms in total. The van der Waals surface area contributed by atoms with Gasteiger partial charge in [-0.05, 0) is 55.6 Å². The number of nitrogens with zero attached hydrogens (tertiary/aromatic N) is 4. The molecule has 0 spiro atoms. The lowest BCUT2D eigenvalue weighted by Gasteiger charge is -2.26. The van der Waals surface area contributed by atoms with Gasteiger partial charge in [-0.15, -0.1) is 23.1 Å². The van der Waals surface area contributed by atoms with E-state index in [-0.39, 0.29) is 23.6 Å². The van der Waals surface area contributed by atoms with Gasteiger partial charge < -0.3 is 15.1 Å². The van der Waals surface area contributed by atoms with Crippen molar-refractivity contribution in [1.29, 1.82) is 0 Å². The number of likely N-dealkylation sites (N-methyl/N-ethyl adjacent to an activating group) is 1. The zero-order valence-electron chi connectivity index (χ0n) is 19.9. The van der Waals surface area contributed by atoms with E-state index in [1.54, 1.807) is 6.07 Å². The number of anilines is 2. The molecule has 1 fully saturated rings. The minimum Gasteiger partial charge on any atom is -0.334 e. The van der Waals surface area contributed by atoms with Crippen LogP contribution in [-0.4, -0.2) is 57.6 Å². The van der Waals surface area contributed by atoms with Crippen LogP contribution < -0.4 is 5.32 Å². The third kappa shape index (κ3) is 4.94. The monoisotopic (exact) mass is 565 g/mol. The fourth-order valence-electron chi connectivity index (χ4n) is 4.74. The van der Waals surface area contributed by atoms with Gasteiger partial charge in [0.25, 0.3) is 5.91 Å². The molecule has 0 radical (unpaired) electrons. The molecule has 37 heavy (non-hydrogen) atoms. The van der Waals surface area contributed by atoms with Crippen molar-refractivity contribution in [1.82, 2.24) is 19.8 Å². The highest BCUT2D eigenvalue weighted by Crippen LogP contribution is 2.44. The molecule has 2 aromatic heterocycles. The number of rotatable bonds is 4. The van der Waals surface area contributed by atoms with Gasteiger partial charge in [-0.3, -0.25) is 4.79 Å². The van der Waals surface area contributed by atoms with Crippen LogP contribution in [0.2, 0.25) is 5.02 Å². The summed E-state index contributed by atoms with van der Waals surface area (Å²) in [6.07, 6.45) is -1.05. The van der Waals surface area contributed by atoms with E-state index in [1.165, 1.54) is 11.8 Å². The van der Waals surface area contributed by atoms with Gasteiger partial charge in [0.1, 0.15) is 10.4 Å². The summed E-state index contributed by atoms with van der Waals surface area (Å²) in [5.41, 5.74) is 1.62. The first-order chi connectivity index (χ1) is 17.7. The maximum Gasteiger partial charge on any atom is 0.420 e. The van der Waals surface area contributed by atoms with Crippen molar-refractivity contribution in [2.24, 2.45) is 0 Å². The number of thioether (sulfide) groups is 1. The van der Waals surface area contributed by atoms with Gasteiger partial charge >= 0.3 is 6.18 Å². The molecule has 194 valence electrons. The van der Waals surface area contributed by atoms with Gasteiger partial charge in [-0.2, -0.15) is 13.2 Å². The molecule has 4 heterocycles. The molecule has 1 saturated carbocycles. The molecule has 0 saturated heterocycles. The summed E-state index contributed by atoms with van der Waals surface area (Å²) < 4.78 is 41.9. The van der Waals surface area contributed by atoms with Gasteiger partial charge in [-0.25, -0.2) is 9.97 Å². The zero-order chi connectivity index (χ0) is 25.9. The number of hydrogen-bond acceptors (Lipinski definition) is 7. The number of fused-ring (bicyclic) bond motifs is 2. The number of amides is 1. The van der Waals surface area contributed by atoms with Crippen LogP contribution in [0.4, 0.5) is 24.8 Å². The lowest BCUT2D eigenvalue weighted by molar-refractivity contribution is -0.137. The van der Waals surface area contributed by atoms with Crippen LogP contribution in [0.5, 0.6) is 0 Å². The molecule has 3 aromatic rings. The second kappa shape index (κ2) is 9.44. The van der Waals surface area contributed by atoms with Crippen LogP contribution in [0.15, 0.2) is 29.3 Å². The van der Waals surface area contributed by atoms with Crippen LogP contribution in [0.25, 0.3) is 10.6 Å². The highest BCUT2D eigenvalue weighted by atomic mass is 35.5. The molecule has 3 aliphatic rings. The van der Waals surface area contributed by atoms with Crippen LogP contribution in [-0.2, 0) is 19.1 Å². The average Bonchev–Trinajstić information content (AvgIpc) is 3.62. The second-order valence-corrected chi connectivity index (χ2v) is 12.1. The Bertz CT molecular complexity index is 1390. The summed E-state index contributed by atoms with van der Waals surface area (Å²) in [6.45, 7) is 2.35. The van der Waals surface area contributed by atoms with E-state index < -0.39 is 11.7 Å². The Kier molecular flexibility index (Phi) is 6.37. The molecule has 1 amide bonds. The Hall–Kier alpha value is -2.34. The molecule has 0 bridgehead atoms. The molecule has 6 rings (SSSR count). The Morgan fingerprint density at radius 1 is 1.16 bits per heavy atom. The Morgan fingerprint density at radius 2 is 1.97 bits per heavy atom. The summed E-state index contributed by atoms with van der Waals surface area (Å²) in [5.74, 6) is 0.618. The molecule has 0 unspecified atom stereocenters. The van der Waals surface area contributed by atoms with Gasteiger partial charge in [0, 0.05) is 42.5 Å². The largest absolute Gasteiger partial charge is 0.420 e. The Labute approximate surface area is 225 Å². The van der Waals surface area contributed by atoms with Crippen molar-refractivity contribution in [3.63, 3.8) is 0 Å².